The zero-order chi connectivity index (χ0) is 14.5. The normalized spacial score (nSPS) is 16.8. The second-order valence-electron chi connectivity index (χ2n) is 5.49. The molecular weight excluding hydrogens is 246 g/mol. The summed E-state index contributed by atoms with van der Waals surface area (Å²) < 4.78 is 10.0. The minimum absolute atomic E-state index is 0.121. The number of carbonyl (C=O) groups excluding carboxylic acids is 2. The standard InChI is InChI=1S/C14H23NO4/c1-10(9-12(16)18-4)13(17)19-14(2,3)11-5-7-15-8-6-11/h11,15H,1,5-9H2,2-4H3/p+1. The lowest BCUT2D eigenvalue weighted by Gasteiger charge is -2.35. The predicted octanol–water partition coefficient (Wildman–Crippen LogP) is 0.401. The van der Waals surface area contributed by atoms with Crippen molar-refractivity contribution in [2.24, 2.45) is 5.92 Å². The quantitative estimate of drug-likeness (QED) is 0.580. The maximum Gasteiger partial charge on any atom is 0.334 e. The number of hydrogen-bond donors (Lipinski definition) is 1. The van der Waals surface area contributed by atoms with Crippen LogP contribution in [-0.2, 0) is 19.1 Å². The highest BCUT2D eigenvalue weighted by molar-refractivity contribution is 5.93. The van der Waals surface area contributed by atoms with E-state index in [1.54, 1.807) is 0 Å². The second-order valence-corrected chi connectivity index (χ2v) is 5.49. The zero-order valence-corrected chi connectivity index (χ0v) is 12.0. The van der Waals surface area contributed by atoms with E-state index in [1.165, 1.54) is 7.11 Å². The van der Waals surface area contributed by atoms with Gasteiger partial charge in [-0.3, -0.25) is 4.79 Å². The van der Waals surface area contributed by atoms with Crippen LogP contribution < -0.4 is 5.32 Å². The smallest absolute Gasteiger partial charge is 0.334 e. The molecule has 1 saturated heterocycles. The molecule has 0 atom stereocenters. The molecule has 0 aromatic heterocycles. The number of ether oxygens (including phenoxy) is 2. The number of rotatable bonds is 5. The summed E-state index contributed by atoms with van der Waals surface area (Å²) in [7, 11) is 1.28. The van der Waals surface area contributed by atoms with E-state index in [0.717, 1.165) is 25.9 Å². The summed E-state index contributed by atoms with van der Waals surface area (Å²) in [6.07, 6.45) is 1.94. The Morgan fingerprint density at radius 1 is 1.32 bits per heavy atom. The first-order chi connectivity index (χ1) is 8.86. The third-order valence-corrected chi connectivity index (χ3v) is 3.65. The van der Waals surface area contributed by atoms with Gasteiger partial charge in [0.2, 0.25) is 0 Å². The number of piperidine rings is 1. The Labute approximate surface area is 114 Å². The molecule has 2 N–H and O–H groups in total. The topological polar surface area (TPSA) is 69.2 Å². The van der Waals surface area contributed by atoms with Gasteiger partial charge in [-0.05, 0) is 13.8 Å². The molecule has 0 amide bonds. The maximum absolute atomic E-state index is 11.9. The van der Waals surface area contributed by atoms with Crippen molar-refractivity contribution < 1.29 is 24.4 Å². The fourth-order valence-corrected chi connectivity index (χ4v) is 2.33. The molecule has 0 aromatic carbocycles. The van der Waals surface area contributed by atoms with Crippen LogP contribution >= 0.6 is 0 Å². The van der Waals surface area contributed by atoms with Crippen LogP contribution in [0.1, 0.15) is 33.1 Å². The van der Waals surface area contributed by atoms with Gasteiger partial charge in [-0.15, -0.1) is 0 Å². The number of methoxy groups -OCH3 is 1. The second kappa shape index (κ2) is 6.70. The monoisotopic (exact) mass is 270 g/mol. The van der Waals surface area contributed by atoms with Gasteiger partial charge in [-0.1, -0.05) is 6.58 Å². The molecule has 0 bridgehead atoms. The van der Waals surface area contributed by atoms with Crippen LogP contribution in [0.15, 0.2) is 12.2 Å². The van der Waals surface area contributed by atoms with E-state index in [0.29, 0.717) is 5.92 Å². The van der Waals surface area contributed by atoms with Crippen LogP contribution in [0.4, 0.5) is 0 Å². The Kier molecular flexibility index (Phi) is 5.54. The summed E-state index contributed by atoms with van der Waals surface area (Å²) in [6, 6.07) is 0. The Hall–Kier alpha value is -1.36. The van der Waals surface area contributed by atoms with Crippen molar-refractivity contribution in [3.05, 3.63) is 12.2 Å². The molecule has 0 unspecified atom stereocenters. The molecule has 0 aromatic rings. The van der Waals surface area contributed by atoms with E-state index in [1.807, 2.05) is 13.8 Å². The van der Waals surface area contributed by atoms with Crippen molar-refractivity contribution in [1.29, 1.82) is 0 Å². The van der Waals surface area contributed by atoms with Gasteiger partial charge in [0, 0.05) is 24.3 Å². The van der Waals surface area contributed by atoms with E-state index in [-0.39, 0.29) is 12.0 Å². The zero-order valence-electron chi connectivity index (χ0n) is 12.0. The van der Waals surface area contributed by atoms with Crippen LogP contribution in [0.25, 0.3) is 0 Å². The van der Waals surface area contributed by atoms with Crippen molar-refractivity contribution in [3.8, 4) is 0 Å². The van der Waals surface area contributed by atoms with Gasteiger partial charge >= 0.3 is 11.9 Å². The highest BCUT2D eigenvalue weighted by atomic mass is 16.6. The summed E-state index contributed by atoms with van der Waals surface area (Å²) in [5, 5.41) is 2.27. The summed E-state index contributed by atoms with van der Waals surface area (Å²) in [6.45, 7) is 9.56. The minimum atomic E-state index is -0.523. The van der Waals surface area contributed by atoms with Crippen LogP contribution in [0.5, 0.6) is 0 Å². The van der Waals surface area contributed by atoms with Crippen molar-refractivity contribution in [1.82, 2.24) is 0 Å². The van der Waals surface area contributed by atoms with E-state index < -0.39 is 17.5 Å². The van der Waals surface area contributed by atoms with E-state index in [4.69, 9.17) is 4.74 Å². The predicted molar refractivity (Wildman–Crippen MR) is 70.3 cm³/mol. The maximum atomic E-state index is 11.9. The lowest BCUT2D eigenvalue weighted by atomic mass is 9.83. The van der Waals surface area contributed by atoms with Gasteiger partial charge in [-0.25, -0.2) is 4.79 Å². The third kappa shape index (κ3) is 4.67. The average Bonchev–Trinajstić information content (AvgIpc) is 2.39. The highest BCUT2D eigenvalue weighted by Crippen LogP contribution is 2.28. The van der Waals surface area contributed by atoms with Crippen molar-refractivity contribution in [2.75, 3.05) is 20.2 Å². The number of esters is 2. The van der Waals surface area contributed by atoms with Crippen LogP contribution in [0.2, 0.25) is 0 Å². The van der Waals surface area contributed by atoms with Crippen LogP contribution in [0.3, 0.4) is 0 Å². The van der Waals surface area contributed by atoms with Crippen LogP contribution in [-0.4, -0.2) is 37.7 Å². The molecule has 1 fully saturated rings. The largest absolute Gasteiger partial charge is 0.469 e. The van der Waals surface area contributed by atoms with Gasteiger partial charge in [-0.2, -0.15) is 0 Å². The lowest BCUT2D eigenvalue weighted by molar-refractivity contribution is -0.665. The van der Waals surface area contributed by atoms with Crippen molar-refractivity contribution >= 4 is 11.9 Å². The molecule has 0 spiro atoms. The first kappa shape index (κ1) is 15.7. The van der Waals surface area contributed by atoms with Gasteiger partial charge in [0.25, 0.3) is 0 Å². The number of quaternary nitrogens is 1. The number of hydrogen-bond acceptors (Lipinski definition) is 4. The molecule has 0 radical (unpaired) electrons. The van der Waals surface area contributed by atoms with E-state index >= 15 is 0 Å². The Morgan fingerprint density at radius 2 is 1.89 bits per heavy atom. The number of nitrogens with two attached hydrogens (primary N) is 1. The fraction of sp³-hybridized carbons (Fsp3) is 0.714. The Bertz CT molecular complexity index is 356. The Morgan fingerprint density at radius 3 is 2.42 bits per heavy atom. The van der Waals surface area contributed by atoms with E-state index in [9.17, 15) is 9.59 Å². The summed E-state index contributed by atoms with van der Waals surface area (Å²) >= 11 is 0. The molecule has 5 nitrogen and oxygen atoms in total. The van der Waals surface area contributed by atoms with Gasteiger partial charge in [0.1, 0.15) is 5.60 Å². The van der Waals surface area contributed by atoms with Gasteiger partial charge in [0.15, 0.2) is 0 Å². The first-order valence-electron chi connectivity index (χ1n) is 6.66. The molecule has 1 aliphatic heterocycles. The van der Waals surface area contributed by atoms with Gasteiger partial charge < -0.3 is 14.8 Å². The number of carbonyl (C=O) groups is 2. The molecule has 19 heavy (non-hydrogen) atoms. The molecule has 1 heterocycles. The van der Waals surface area contributed by atoms with E-state index in [2.05, 4.69) is 16.6 Å². The summed E-state index contributed by atoms with van der Waals surface area (Å²) in [5.74, 6) is -0.635. The Balaban J connectivity index is 2.53. The first-order valence-corrected chi connectivity index (χ1v) is 6.66. The molecule has 5 heteroatoms. The minimum Gasteiger partial charge on any atom is -0.469 e. The van der Waals surface area contributed by atoms with Crippen LogP contribution in [0, 0.1) is 5.92 Å². The average molecular weight is 270 g/mol. The molecule has 0 aliphatic carbocycles. The molecule has 0 saturated carbocycles. The summed E-state index contributed by atoms with van der Waals surface area (Å²) in [4.78, 5) is 23.0. The SMILES string of the molecule is C=C(CC(=O)OC)C(=O)OC(C)(C)C1CC[NH2+]CC1. The molecule has 1 rings (SSSR count). The van der Waals surface area contributed by atoms with Gasteiger partial charge in [0.05, 0.1) is 26.6 Å². The van der Waals surface area contributed by atoms with Crippen molar-refractivity contribution in [3.63, 3.8) is 0 Å². The molecule has 1 aliphatic rings. The third-order valence-electron chi connectivity index (χ3n) is 3.65. The lowest BCUT2D eigenvalue weighted by Crippen LogP contribution is -2.86. The van der Waals surface area contributed by atoms with Crippen molar-refractivity contribution in [2.45, 2.75) is 38.7 Å². The highest BCUT2D eigenvalue weighted by Gasteiger charge is 2.35. The fourth-order valence-electron chi connectivity index (χ4n) is 2.33. The molecular formula is C14H24NO4+. The summed E-state index contributed by atoms with van der Waals surface area (Å²) in [5.41, 5.74) is -0.382. The molecule has 108 valence electrons.